The summed E-state index contributed by atoms with van der Waals surface area (Å²) in [7, 11) is 3.00. The summed E-state index contributed by atoms with van der Waals surface area (Å²) in [5.74, 6) is 0.726. The minimum absolute atomic E-state index is 0.234. The van der Waals surface area contributed by atoms with Gasteiger partial charge in [-0.25, -0.2) is 14.5 Å². The van der Waals surface area contributed by atoms with Crippen molar-refractivity contribution in [2.75, 3.05) is 27.4 Å². The summed E-state index contributed by atoms with van der Waals surface area (Å²) in [5, 5.41) is 16.7. The molecule has 3 aromatic heterocycles. The zero-order chi connectivity index (χ0) is 27.9. The standard InChI is InChI=1S/C12H7ClN4O2.C9H21NO.C3H5F3O/c13-8-1-3-11(14-5-8)19-12-4-2-10-15-9(7-18)6-17(10)16-12;1-4-6-9(2,10-3)7-5-8-11;1-7-2-3(4,5)6/h1-7H;10-11H,4-8H2,1-3H3;2H2,1H3. The molecule has 0 saturated carbocycles. The van der Waals surface area contributed by atoms with E-state index in [2.05, 4.69) is 39.0 Å². The molecule has 2 N–H and O–H groups in total. The van der Waals surface area contributed by atoms with E-state index in [4.69, 9.17) is 21.4 Å². The van der Waals surface area contributed by atoms with Gasteiger partial charge in [-0.05, 0) is 45.4 Å². The number of imidazole rings is 1. The van der Waals surface area contributed by atoms with Crippen molar-refractivity contribution in [1.29, 1.82) is 0 Å². The van der Waals surface area contributed by atoms with Crippen LogP contribution in [0.2, 0.25) is 5.02 Å². The van der Waals surface area contributed by atoms with Gasteiger partial charge < -0.3 is 19.9 Å². The van der Waals surface area contributed by atoms with Gasteiger partial charge in [0.25, 0.3) is 0 Å². The molecule has 3 heterocycles. The summed E-state index contributed by atoms with van der Waals surface area (Å²) in [4.78, 5) is 18.7. The Bertz CT molecular complexity index is 1070. The lowest BCUT2D eigenvalue weighted by molar-refractivity contribution is -0.167. The first-order valence-electron chi connectivity index (χ1n) is 11.5. The summed E-state index contributed by atoms with van der Waals surface area (Å²) < 4.78 is 43.5. The zero-order valence-corrected chi connectivity index (χ0v) is 22.0. The molecule has 0 aliphatic rings. The number of pyridine rings is 1. The number of aldehydes is 1. The first-order chi connectivity index (χ1) is 17.5. The number of carbonyl (C=O) groups excluding carboxylic acids is 1. The number of nitrogens with one attached hydrogen (secondary N) is 1. The number of carbonyl (C=O) groups is 1. The fraction of sp³-hybridized carbons (Fsp3) is 0.500. The van der Waals surface area contributed by atoms with Crippen molar-refractivity contribution < 1.29 is 32.5 Å². The van der Waals surface area contributed by atoms with E-state index < -0.39 is 12.8 Å². The lowest BCUT2D eigenvalue weighted by Crippen LogP contribution is -2.39. The average Bonchev–Trinajstić information content (AvgIpc) is 3.27. The second kappa shape index (κ2) is 16.1. The maximum atomic E-state index is 10.9. The van der Waals surface area contributed by atoms with Crippen LogP contribution in [0.15, 0.2) is 36.7 Å². The number of ether oxygens (including phenoxy) is 2. The molecule has 0 spiro atoms. The third kappa shape index (κ3) is 12.8. The Morgan fingerprint density at radius 2 is 1.89 bits per heavy atom. The van der Waals surface area contributed by atoms with Crippen LogP contribution in [0.5, 0.6) is 11.8 Å². The minimum Gasteiger partial charge on any atom is -0.419 e. The fourth-order valence-corrected chi connectivity index (χ4v) is 3.20. The van der Waals surface area contributed by atoms with Gasteiger partial charge in [0.05, 0.1) is 11.2 Å². The molecule has 0 bridgehead atoms. The number of aromatic nitrogens is 4. The smallest absolute Gasteiger partial charge is 0.411 e. The van der Waals surface area contributed by atoms with Gasteiger partial charge in [-0.3, -0.25) is 4.79 Å². The molecule has 0 aliphatic carbocycles. The first kappa shape index (κ1) is 32.2. The molecule has 37 heavy (non-hydrogen) atoms. The van der Waals surface area contributed by atoms with Gasteiger partial charge in [0.2, 0.25) is 11.8 Å². The molecule has 206 valence electrons. The molecule has 13 heteroatoms. The van der Waals surface area contributed by atoms with Gasteiger partial charge in [0, 0.05) is 37.6 Å². The Morgan fingerprint density at radius 1 is 1.19 bits per heavy atom. The van der Waals surface area contributed by atoms with E-state index in [9.17, 15) is 18.0 Å². The molecule has 0 radical (unpaired) electrons. The Hall–Kier alpha value is -2.80. The minimum atomic E-state index is -4.17. The van der Waals surface area contributed by atoms with Crippen LogP contribution < -0.4 is 10.1 Å². The molecular weight excluding hydrogens is 515 g/mol. The van der Waals surface area contributed by atoms with Crippen LogP contribution in [-0.2, 0) is 4.74 Å². The lowest BCUT2D eigenvalue weighted by atomic mass is 9.91. The van der Waals surface area contributed by atoms with Crippen LogP contribution in [0.4, 0.5) is 13.2 Å². The number of fused-ring (bicyclic) bond motifs is 1. The van der Waals surface area contributed by atoms with E-state index >= 15 is 0 Å². The highest BCUT2D eigenvalue weighted by Crippen LogP contribution is 2.19. The molecule has 9 nitrogen and oxygen atoms in total. The molecule has 1 unspecified atom stereocenters. The quantitative estimate of drug-likeness (QED) is 0.337. The number of aliphatic hydroxyl groups excluding tert-OH is 1. The molecule has 0 saturated heterocycles. The number of methoxy groups -OCH3 is 1. The number of hydrogen-bond acceptors (Lipinski definition) is 8. The molecule has 3 aromatic rings. The van der Waals surface area contributed by atoms with Gasteiger partial charge in [0.15, 0.2) is 11.9 Å². The van der Waals surface area contributed by atoms with E-state index in [0.29, 0.717) is 41.0 Å². The summed E-state index contributed by atoms with van der Waals surface area (Å²) in [5.41, 5.74) is 1.12. The van der Waals surface area contributed by atoms with E-state index in [1.54, 1.807) is 24.3 Å². The molecule has 0 fully saturated rings. The van der Waals surface area contributed by atoms with E-state index in [0.717, 1.165) is 20.0 Å². The van der Waals surface area contributed by atoms with Crippen LogP contribution in [0.3, 0.4) is 0 Å². The SMILES string of the molecule is CCCC(C)(CCCO)NC.COCC(F)(F)F.O=Cc1cn2nc(Oc3ccc(Cl)cn3)ccc2n1. The summed E-state index contributed by atoms with van der Waals surface area (Å²) in [6.07, 6.45) is 3.84. The normalized spacial score (nSPS) is 12.6. The molecule has 0 amide bonds. The highest BCUT2D eigenvalue weighted by molar-refractivity contribution is 6.30. The van der Waals surface area contributed by atoms with Crippen LogP contribution >= 0.6 is 11.6 Å². The molecule has 0 aromatic carbocycles. The number of hydrogen-bond donors (Lipinski definition) is 2. The number of alkyl halides is 3. The predicted molar refractivity (Wildman–Crippen MR) is 134 cm³/mol. The summed E-state index contributed by atoms with van der Waals surface area (Å²) >= 11 is 5.73. The maximum Gasteiger partial charge on any atom is 0.411 e. The Morgan fingerprint density at radius 3 is 2.38 bits per heavy atom. The van der Waals surface area contributed by atoms with Crippen LogP contribution in [0, 0.1) is 0 Å². The highest BCUT2D eigenvalue weighted by atomic mass is 35.5. The number of aliphatic hydroxyl groups is 1. The Labute approximate surface area is 219 Å². The van der Waals surface area contributed by atoms with Crippen molar-refractivity contribution in [2.45, 2.75) is 51.2 Å². The molecule has 0 aliphatic heterocycles. The van der Waals surface area contributed by atoms with Crippen molar-refractivity contribution in [1.82, 2.24) is 24.9 Å². The van der Waals surface area contributed by atoms with E-state index in [-0.39, 0.29) is 5.54 Å². The van der Waals surface area contributed by atoms with Gasteiger partial charge in [-0.15, -0.1) is 5.10 Å². The third-order valence-corrected chi connectivity index (χ3v) is 5.17. The Kier molecular flexibility index (Phi) is 14.0. The average molecular weight is 548 g/mol. The van der Waals surface area contributed by atoms with Crippen molar-refractivity contribution in [3.63, 3.8) is 0 Å². The van der Waals surface area contributed by atoms with E-state index in [1.807, 2.05) is 7.05 Å². The third-order valence-electron chi connectivity index (χ3n) is 4.94. The first-order valence-corrected chi connectivity index (χ1v) is 11.8. The fourth-order valence-electron chi connectivity index (χ4n) is 3.08. The second-order valence-electron chi connectivity index (χ2n) is 8.11. The molecule has 3 rings (SSSR count). The van der Waals surface area contributed by atoms with Crippen molar-refractivity contribution >= 4 is 23.5 Å². The van der Waals surface area contributed by atoms with Gasteiger partial charge >= 0.3 is 6.18 Å². The van der Waals surface area contributed by atoms with Crippen molar-refractivity contribution in [2.24, 2.45) is 0 Å². The van der Waals surface area contributed by atoms with Crippen LogP contribution in [-0.4, -0.2) is 70.1 Å². The Balaban J connectivity index is 0.000000324. The second-order valence-corrected chi connectivity index (χ2v) is 8.55. The summed E-state index contributed by atoms with van der Waals surface area (Å²) in [6.45, 7) is 3.55. The van der Waals surface area contributed by atoms with Gasteiger partial charge in [-0.2, -0.15) is 13.2 Å². The lowest BCUT2D eigenvalue weighted by Gasteiger charge is -2.28. The topological polar surface area (TPSA) is 111 Å². The number of halogens is 4. The largest absolute Gasteiger partial charge is 0.419 e. The highest BCUT2D eigenvalue weighted by Gasteiger charge is 2.26. The molecule has 1 atom stereocenters. The predicted octanol–water partition coefficient (Wildman–Crippen LogP) is 5.11. The van der Waals surface area contributed by atoms with Crippen LogP contribution in [0.25, 0.3) is 5.65 Å². The zero-order valence-electron chi connectivity index (χ0n) is 21.3. The van der Waals surface area contributed by atoms with E-state index in [1.165, 1.54) is 29.8 Å². The number of nitrogens with zero attached hydrogens (tertiary/aromatic N) is 4. The number of rotatable bonds is 10. The maximum absolute atomic E-state index is 10.9. The van der Waals surface area contributed by atoms with Gasteiger partial charge in [-0.1, -0.05) is 24.9 Å². The van der Waals surface area contributed by atoms with Crippen LogP contribution in [0.1, 0.15) is 50.0 Å². The van der Waals surface area contributed by atoms with Crippen molar-refractivity contribution in [3.05, 3.63) is 47.4 Å². The summed E-state index contributed by atoms with van der Waals surface area (Å²) in [6, 6.07) is 6.65. The van der Waals surface area contributed by atoms with Crippen molar-refractivity contribution in [3.8, 4) is 11.8 Å². The van der Waals surface area contributed by atoms with Gasteiger partial charge in [0.1, 0.15) is 12.3 Å². The monoisotopic (exact) mass is 547 g/mol. The molecular formula is C24H33ClF3N5O4.